The number of hydrogen-bond acceptors (Lipinski definition) is 11. The Kier molecular flexibility index (Phi) is 9.18. The van der Waals surface area contributed by atoms with E-state index >= 15 is 4.39 Å². The number of aromatic nitrogens is 3. The molecule has 8 rings (SSSR count). The molecule has 2 N–H and O–H groups in total. The van der Waals surface area contributed by atoms with Gasteiger partial charge in [-0.15, -0.1) is 6.42 Å². The molecule has 4 aromatic rings. The van der Waals surface area contributed by atoms with E-state index in [4.69, 9.17) is 30.4 Å². The molecule has 53 heavy (non-hydrogen) atoms. The summed E-state index contributed by atoms with van der Waals surface area (Å²) in [5.74, 6) is 0.512. The standard InChI is InChI=1S/C40H45F2N5O6/c1-5-27-30(41)10-9-24-16-25(48)17-28(32(24)27)34-33(42)35-29(18-43-34)36(47-14-15-50-22-39(4,49)21-47)45-37(44-35)51-23-40-11-6-8-31(40)46(13-7-12-40)19-26-20-52-38(2,3)53-26/h1,9-10,16-18,26,31,48-49H,6-8,11-15,19-23H2,2-4H3/t26-,31+,39-,40+/m0/s1. The Morgan fingerprint density at radius 1 is 1.11 bits per heavy atom. The molecule has 0 amide bonds. The van der Waals surface area contributed by atoms with E-state index < -0.39 is 23.0 Å². The van der Waals surface area contributed by atoms with Gasteiger partial charge in [0, 0.05) is 41.7 Å². The summed E-state index contributed by atoms with van der Waals surface area (Å²) in [6.45, 7) is 9.18. The number of rotatable bonds is 7. The minimum Gasteiger partial charge on any atom is -0.508 e. The van der Waals surface area contributed by atoms with Crippen molar-refractivity contribution in [3.8, 4) is 35.4 Å². The summed E-state index contributed by atoms with van der Waals surface area (Å²) in [6, 6.07) is 5.72. The molecule has 2 aromatic carbocycles. The van der Waals surface area contributed by atoms with E-state index in [-0.39, 0.29) is 70.2 Å². The molecule has 11 nitrogen and oxygen atoms in total. The highest BCUT2D eigenvalue weighted by Gasteiger charge is 2.49. The van der Waals surface area contributed by atoms with Crippen LogP contribution < -0.4 is 9.64 Å². The lowest BCUT2D eigenvalue weighted by molar-refractivity contribution is -0.143. The molecule has 280 valence electrons. The van der Waals surface area contributed by atoms with Crippen LogP contribution in [0.2, 0.25) is 0 Å². The minimum atomic E-state index is -1.21. The van der Waals surface area contributed by atoms with Crippen molar-refractivity contribution in [3.63, 3.8) is 0 Å². The topological polar surface area (TPSA) is 123 Å². The maximum atomic E-state index is 17.1. The Balaban J connectivity index is 1.19. The molecule has 2 aromatic heterocycles. The van der Waals surface area contributed by atoms with Gasteiger partial charge in [0.2, 0.25) is 0 Å². The number of aliphatic hydroxyl groups is 1. The molecule has 13 heteroatoms. The maximum absolute atomic E-state index is 17.1. The largest absolute Gasteiger partial charge is 0.508 e. The van der Waals surface area contributed by atoms with Gasteiger partial charge in [-0.05, 0) is 76.6 Å². The van der Waals surface area contributed by atoms with Crippen LogP contribution in [0.4, 0.5) is 14.6 Å². The average Bonchev–Trinajstić information content (AvgIpc) is 3.65. The third kappa shape index (κ3) is 6.76. The summed E-state index contributed by atoms with van der Waals surface area (Å²) in [7, 11) is 0. The third-order valence-electron chi connectivity index (χ3n) is 11.3. The fraction of sp³-hybridized carbons (Fsp3) is 0.525. The Hall–Kier alpha value is -4.19. The molecule has 5 heterocycles. The van der Waals surface area contributed by atoms with Crippen molar-refractivity contribution >= 4 is 27.5 Å². The predicted octanol–water partition coefficient (Wildman–Crippen LogP) is 5.56. The number of hydrogen-bond donors (Lipinski definition) is 2. The van der Waals surface area contributed by atoms with E-state index in [1.807, 2.05) is 18.7 Å². The number of terminal acetylenes is 1. The van der Waals surface area contributed by atoms with Crippen molar-refractivity contribution in [2.24, 2.45) is 5.41 Å². The van der Waals surface area contributed by atoms with Crippen molar-refractivity contribution < 1.29 is 37.9 Å². The lowest BCUT2D eigenvalue weighted by Gasteiger charge is -2.46. The maximum Gasteiger partial charge on any atom is 0.319 e. The predicted molar refractivity (Wildman–Crippen MR) is 195 cm³/mol. The molecule has 1 saturated carbocycles. The van der Waals surface area contributed by atoms with Crippen LogP contribution in [0.3, 0.4) is 0 Å². The lowest BCUT2D eigenvalue weighted by atomic mass is 9.75. The molecule has 0 unspecified atom stereocenters. The number of anilines is 1. The van der Waals surface area contributed by atoms with E-state index in [0.717, 1.165) is 45.2 Å². The van der Waals surface area contributed by atoms with E-state index in [9.17, 15) is 14.6 Å². The van der Waals surface area contributed by atoms with Crippen molar-refractivity contribution in [1.82, 2.24) is 19.9 Å². The van der Waals surface area contributed by atoms with Gasteiger partial charge in [-0.25, -0.2) is 8.78 Å². The van der Waals surface area contributed by atoms with Crippen LogP contribution in [0.5, 0.6) is 11.8 Å². The Morgan fingerprint density at radius 2 is 1.94 bits per heavy atom. The molecule has 3 saturated heterocycles. The quantitative estimate of drug-likeness (QED) is 0.233. The van der Waals surface area contributed by atoms with Crippen LogP contribution in [0, 0.1) is 29.4 Å². The van der Waals surface area contributed by atoms with E-state index in [2.05, 4.69) is 20.8 Å². The van der Waals surface area contributed by atoms with Gasteiger partial charge in [0.1, 0.15) is 34.2 Å². The van der Waals surface area contributed by atoms with Crippen molar-refractivity contribution in [1.29, 1.82) is 0 Å². The molecule has 1 aliphatic carbocycles. The molecule has 0 spiro atoms. The highest BCUT2D eigenvalue weighted by Crippen LogP contribution is 2.48. The highest BCUT2D eigenvalue weighted by atomic mass is 19.1. The zero-order valence-electron chi connectivity index (χ0n) is 30.3. The first-order valence-corrected chi connectivity index (χ1v) is 18.4. The van der Waals surface area contributed by atoms with Gasteiger partial charge in [-0.3, -0.25) is 9.88 Å². The first-order chi connectivity index (χ1) is 25.4. The summed E-state index contributed by atoms with van der Waals surface area (Å²) >= 11 is 0. The zero-order valence-corrected chi connectivity index (χ0v) is 30.3. The number of likely N-dealkylation sites (tertiary alicyclic amines) is 1. The highest BCUT2D eigenvalue weighted by molar-refractivity contribution is 6.03. The molecule has 0 bridgehead atoms. The second-order valence-corrected chi connectivity index (χ2v) is 15.8. The van der Waals surface area contributed by atoms with Crippen LogP contribution in [-0.4, -0.2) is 106 Å². The summed E-state index contributed by atoms with van der Waals surface area (Å²) < 4.78 is 56.3. The lowest BCUT2D eigenvalue weighted by Crippen LogP contribution is -2.54. The SMILES string of the molecule is C#Cc1c(F)ccc2cc(O)cc(-c3ncc4c(N5CCOC[C@@](C)(O)C5)nc(OC[C@]56CCC[C@H]5N(C[C@H]5COC(C)(C)O5)CCC6)nc4c3F)c12. The summed E-state index contributed by atoms with van der Waals surface area (Å²) in [5, 5.41) is 22.7. The van der Waals surface area contributed by atoms with E-state index in [1.54, 1.807) is 6.92 Å². The molecule has 3 aliphatic heterocycles. The van der Waals surface area contributed by atoms with Gasteiger partial charge >= 0.3 is 6.01 Å². The van der Waals surface area contributed by atoms with Crippen molar-refractivity contribution in [2.45, 2.75) is 76.4 Å². The number of fused-ring (bicyclic) bond motifs is 3. The first-order valence-electron chi connectivity index (χ1n) is 18.4. The fourth-order valence-corrected chi connectivity index (χ4v) is 9.00. The molecule has 4 fully saturated rings. The number of phenols is 1. The van der Waals surface area contributed by atoms with Gasteiger partial charge in [-0.1, -0.05) is 18.4 Å². The summed E-state index contributed by atoms with van der Waals surface area (Å²) in [4.78, 5) is 18.4. The number of benzene rings is 2. The van der Waals surface area contributed by atoms with Crippen LogP contribution in [0.15, 0.2) is 30.5 Å². The number of aromatic hydroxyl groups is 1. The third-order valence-corrected chi connectivity index (χ3v) is 11.3. The number of β-amino-alcohol motifs (C(OH)–C–C–N with tert-alkyl or cyclic N) is 1. The van der Waals surface area contributed by atoms with Crippen molar-refractivity contribution in [2.75, 3.05) is 57.5 Å². The normalized spacial score (nSPS) is 27.5. The monoisotopic (exact) mass is 729 g/mol. The van der Waals surface area contributed by atoms with Crippen LogP contribution in [-0.2, 0) is 14.2 Å². The number of phenolic OH excluding ortho intramolecular Hbond substituents is 1. The van der Waals surface area contributed by atoms with E-state index in [0.29, 0.717) is 43.0 Å². The number of halogens is 2. The van der Waals surface area contributed by atoms with Crippen LogP contribution in [0.1, 0.15) is 58.4 Å². The summed E-state index contributed by atoms with van der Waals surface area (Å²) in [6.07, 6.45) is 12.2. The number of nitrogens with zero attached hydrogens (tertiary/aromatic N) is 5. The molecular weight excluding hydrogens is 684 g/mol. The van der Waals surface area contributed by atoms with Crippen LogP contribution in [0.25, 0.3) is 32.9 Å². The Bertz CT molecular complexity index is 2110. The Labute approximate surface area is 307 Å². The minimum absolute atomic E-state index is 0.00379. The van der Waals surface area contributed by atoms with Crippen molar-refractivity contribution in [3.05, 3.63) is 47.7 Å². The molecule has 4 atom stereocenters. The number of piperidine rings is 1. The zero-order chi connectivity index (χ0) is 37.1. The number of pyridine rings is 1. The van der Waals surface area contributed by atoms with Gasteiger partial charge in [0.15, 0.2) is 11.6 Å². The second-order valence-electron chi connectivity index (χ2n) is 15.8. The molecule has 4 aliphatic rings. The smallest absolute Gasteiger partial charge is 0.319 e. The van der Waals surface area contributed by atoms with Gasteiger partial charge in [0.25, 0.3) is 0 Å². The summed E-state index contributed by atoms with van der Waals surface area (Å²) in [5.41, 5.74) is -1.54. The fourth-order valence-electron chi connectivity index (χ4n) is 9.00. The van der Waals surface area contributed by atoms with Crippen LogP contribution >= 0.6 is 0 Å². The van der Waals surface area contributed by atoms with Gasteiger partial charge in [0.05, 0.1) is 50.0 Å². The molecular formula is C40H45F2N5O6. The first kappa shape index (κ1) is 35.8. The van der Waals surface area contributed by atoms with Gasteiger partial charge in [-0.2, -0.15) is 9.97 Å². The second kappa shape index (κ2) is 13.6. The average molecular weight is 730 g/mol. The Morgan fingerprint density at radius 3 is 2.74 bits per heavy atom. The van der Waals surface area contributed by atoms with E-state index in [1.165, 1.54) is 30.5 Å². The van der Waals surface area contributed by atoms with Gasteiger partial charge < -0.3 is 34.1 Å². The molecule has 0 radical (unpaired) electrons. The number of ether oxygens (including phenoxy) is 4.